The monoisotopic (exact) mass is 321 g/mol. The van der Waals surface area contributed by atoms with Gasteiger partial charge in [-0.2, -0.15) is 0 Å². The fourth-order valence-electron chi connectivity index (χ4n) is 2.99. The van der Waals surface area contributed by atoms with Gasteiger partial charge >= 0.3 is 0 Å². The van der Waals surface area contributed by atoms with Crippen LogP contribution in [0.15, 0.2) is 18.2 Å². The van der Waals surface area contributed by atoms with Crippen LogP contribution in [0.5, 0.6) is 0 Å². The van der Waals surface area contributed by atoms with Gasteiger partial charge in [0.05, 0.1) is 18.8 Å². The Labute approximate surface area is 140 Å². The van der Waals surface area contributed by atoms with E-state index in [-0.39, 0.29) is 6.10 Å². The zero-order valence-corrected chi connectivity index (χ0v) is 14.9. The molecule has 0 radical (unpaired) electrons. The first kappa shape index (κ1) is 18.2. The Morgan fingerprint density at radius 3 is 2.61 bits per heavy atom. The van der Waals surface area contributed by atoms with Crippen LogP contribution in [-0.4, -0.2) is 49.7 Å². The van der Waals surface area contributed by atoms with Gasteiger partial charge in [0, 0.05) is 31.5 Å². The number of hydrogen-bond acceptors (Lipinski definition) is 4. The van der Waals surface area contributed by atoms with Gasteiger partial charge in [0.15, 0.2) is 0 Å². The molecule has 1 aromatic rings. The Hall–Kier alpha value is -1.10. The molecule has 130 valence electrons. The van der Waals surface area contributed by atoms with Crippen LogP contribution in [-0.2, 0) is 9.47 Å². The van der Waals surface area contributed by atoms with E-state index in [0.29, 0.717) is 19.2 Å². The lowest BCUT2D eigenvalue weighted by molar-refractivity contribution is -0.0576. The lowest BCUT2D eigenvalue weighted by Crippen LogP contribution is -2.40. The van der Waals surface area contributed by atoms with E-state index in [9.17, 15) is 5.11 Å². The molecule has 0 amide bonds. The lowest BCUT2D eigenvalue weighted by Gasteiger charge is -2.33. The van der Waals surface area contributed by atoms with Crippen LogP contribution in [0.4, 0.5) is 5.69 Å². The first-order chi connectivity index (χ1) is 11.0. The Morgan fingerprint density at radius 2 is 1.96 bits per heavy atom. The van der Waals surface area contributed by atoms with Gasteiger partial charge in [0.2, 0.25) is 0 Å². The minimum absolute atomic E-state index is 0.228. The molecule has 1 unspecified atom stereocenters. The van der Waals surface area contributed by atoms with E-state index in [0.717, 1.165) is 26.1 Å². The molecule has 0 saturated carbocycles. The molecule has 23 heavy (non-hydrogen) atoms. The normalized spacial score (nSPS) is 17.5. The summed E-state index contributed by atoms with van der Waals surface area (Å²) in [4.78, 5) is 2.26. The fourth-order valence-corrected chi connectivity index (χ4v) is 2.99. The second-order valence-corrected chi connectivity index (χ2v) is 6.83. The van der Waals surface area contributed by atoms with E-state index in [2.05, 4.69) is 50.8 Å². The number of aryl methyl sites for hydroxylation is 2. The molecule has 0 aliphatic carbocycles. The van der Waals surface area contributed by atoms with Crippen molar-refractivity contribution in [1.29, 1.82) is 0 Å². The Morgan fingerprint density at radius 1 is 1.26 bits per heavy atom. The molecule has 1 aromatic carbocycles. The summed E-state index contributed by atoms with van der Waals surface area (Å²) in [5.74, 6) is 0. The molecule has 1 atom stereocenters. The Bertz CT molecular complexity index is 484. The van der Waals surface area contributed by atoms with Gasteiger partial charge in [-0.25, -0.2) is 0 Å². The van der Waals surface area contributed by atoms with Gasteiger partial charge in [0.1, 0.15) is 0 Å². The molecule has 0 spiro atoms. The quantitative estimate of drug-likeness (QED) is 0.838. The number of aliphatic hydroxyl groups is 1. The number of nitrogens with zero attached hydrogens (tertiary/aromatic N) is 1. The molecular formula is C19H31NO3. The van der Waals surface area contributed by atoms with Crippen LogP contribution in [0, 0.1) is 13.8 Å². The van der Waals surface area contributed by atoms with E-state index < -0.39 is 6.10 Å². The van der Waals surface area contributed by atoms with Crippen LogP contribution in [0.25, 0.3) is 0 Å². The number of ether oxygens (including phenoxy) is 2. The predicted octanol–water partition coefficient (Wildman–Crippen LogP) is 3.07. The van der Waals surface area contributed by atoms with Crippen molar-refractivity contribution in [3.05, 3.63) is 29.3 Å². The molecule has 1 aliphatic heterocycles. The van der Waals surface area contributed by atoms with Gasteiger partial charge in [0.25, 0.3) is 0 Å². The number of rotatable bonds is 7. The minimum Gasteiger partial charge on any atom is -0.389 e. The van der Waals surface area contributed by atoms with Gasteiger partial charge in [-0.05, 0) is 57.7 Å². The van der Waals surface area contributed by atoms with Crippen molar-refractivity contribution in [3.63, 3.8) is 0 Å². The first-order valence-electron chi connectivity index (χ1n) is 8.68. The molecular weight excluding hydrogens is 290 g/mol. The molecule has 0 aromatic heterocycles. The maximum absolute atomic E-state index is 10.4. The summed E-state index contributed by atoms with van der Waals surface area (Å²) in [5.41, 5.74) is 3.68. The number of anilines is 1. The maximum Gasteiger partial charge on any atom is 0.0948 e. The van der Waals surface area contributed by atoms with Crippen molar-refractivity contribution in [2.75, 3.05) is 31.3 Å². The summed E-state index contributed by atoms with van der Waals surface area (Å²) >= 11 is 0. The van der Waals surface area contributed by atoms with Crippen LogP contribution in [0.1, 0.15) is 37.8 Å². The minimum atomic E-state index is -0.486. The third-order valence-electron chi connectivity index (χ3n) is 4.40. The van der Waals surface area contributed by atoms with E-state index in [1.165, 1.54) is 16.8 Å². The number of benzene rings is 1. The molecule has 1 N–H and O–H groups in total. The van der Waals surface area contributed by atoms with E-state index in [1.54, 1.807) is 0 Å². The zero-order valence-electron chi connectivity index (χ0n) is 14.9. The zero-order chi connectivity index (χ0) is 16.8. The molecule has 1 heterocycles. The van der Waals surface area contributed by atoms with E-state index >= 15 is 0 Å². The van der Waals surface area contributed by atoms with E-state index in [1.807, 2.05) is 0 Å². The van der Waals surface area contributed by atoms with Gasteiger partial charge in [-0.1, -0.05) is 12.1 Å². The van der Waals surface area contributed by atoms with Crippen LogP contribution >= 0.6 is 0 Å². The second kappa shape index (κ2) is 8.67. The Kier molecular flexibility index (Phi) is 6.88. The summed E-state index contributed by atoms with van der Waals surface area (Å²) in [7, 11) is 0. The summed E-state index contributed by atoms with van der Waals surface area (Å²) in [6.07, 6.45) is 1.60. The van der Waals surface area contributed by atoms with Gasteiger partial charge < -0.3 is 19.5 Å². The topological polar surface area (TPSA) is 41.9 Å². The van der Waals surface area contributed by atoms with Gasteiger partial charge in [-0.15, -0.1) is 0 Å². The summed E-state index contributed by atoms with van der Waals surface area (Å²) in [5, 5.41) is 10.4. The molecule has 1 saturated heterocycles. The second-order valence-electron chi connectivity index (χ2n) is 6.83. The Balaban J connectivity index is 1.94. The van der Waals surface area contributed by atoms with Crippen LogP contribution in [0.3, 0.4) is 0 Å². The molecule has 4 heteroatoms. The molecule has 1 aliphatic rings. The van der Waals surface area contributed by atoms with Crippen molar-refractivity contribution in [2.24, 2.45) is 0 Å². The SMILES string of the molecule is Cc1ccc(C)c(N(CC(O)COC2CCOCC2)C(C)C)c1. The van der Waals surface area contributed by atoms with Crippen molar-refractivity contribution in [1.82, 2.24) is 0 Å². The molecule has 2 rings (SSSR count). The average Bonchev–Trinajstić information content (AvgIpc) is 2.54. The summed E-state index contributed by atoms with van der Waals surface area (Å²) in [6.45, 7) is 11.1. The fraction of sp³-hybridized carbons (Fsp3) is 0.684. The third-order valence-corrected chi connectivity index (χ3v) is 4.40. The first-order valence-corrected chi connectivity index (χ1v) is 8.68. The van der Waals surface area contributed by atoms with Gasteiger partial charge in [-0.3, -0.25) is 0 Å². The molecule has 4 nitrogen and oxygen atoms in total. The number of aliphatic hydroxyl groups excluding tert-OH is 1. The highest BCUT2D eigenvalue weighted by Crippen LogP contribution is 2.24. The standard InChI is InChI=1S/C19H31NO3/c1-14(2)20(19-11-15(3)5-6-16(19)4)12-17(21)13-23-18-7-9-22-10-8-18/h5-6,11,14,17-18,21H,7-10,12-13H2,1-4H3. The maximum atomic E-state index is 10.4. The van der Waals surface area contributed by atoms with E-state index in [4.69, 9.17) is 9.47 Å². The van der Waals surface area contributed by atoms with Crippen LogP contribution in [0.2, 0.25) is 0 Å². The predicted molar refractivity (Wildman–Crippen MR) is 94.2 cm³/mol. The average molecular weight is 321 g/mol. The third kappa shape index (κ3) is 5.48. The smallest absolute Gasteiger partial charge is 0.0948 e. The number of hydrogen-bond donors (Lipinski definition) is 1. The van der Waals surface area contributed by atoms with Crippen molar-refractivity contribution in [3.8, 4) is 0 Å². The van der Waals surface area contributed by atoms with Crippen molar-refractivity contribution >= 4 is 5.69 Å². The van der Waals surface area contributed by atoms with Crippen LogP contribution < -0.4 is 4.90 Å². The highest BCUT2D eigenvalue weighted by atomic mass is 16.5. The molecule has 0 bridgehead atoms. The summed E-state index contributed by atoms with van der Waals surface area (Å²) in [6, 6.07) is 6.79. The molecule has 1 fully saturated rings. The highest BCUT2D eigenvalue weighted by molar-refractivity contribution is 5.55. The summed E-state index contributed by atoms with van der Waals surface area (Å²) < 4.78 is 11.2. The van der Waals surface area contributed by atoms with Crippen molar-refractivity contribution in [2.45, 2.75) is 58.8 Å². The highest BCUT2D eigenvalue weighted by Gasteiger charge is 2.20. The lowest BCUT2D eigenvalue weighted by atomic mass is 10.1. The van der Waals surface area contributed by atoms with Crippen molar-refractivity contribution < 1.29 is 14.6 Å². The largest absolute Gasteiger partial charge is 0.389 e.